The van der Waals surface area contributed by atoms with Crippen LogP contribution < -0.4 is 10.9 Å². The fourth-order valence-electron chi connectivity index (χ4n) is 2.91. The fraction of sp³-hybridized carbons (Fsp3) is 0.250. The second-order valence-electron chi connectivity index (χ2n) is 6.56. The van der Waals surface area contributed by atoms with Crippen LogP contribution in [0.4, 0.5) is 0 Å². The van der Waals surface area contributed by atoms with Crippen LogP contribution in [0.2, 0.25) is 5.02 Å². The molecule has 0 fully saturated rings. The summed E-state index contributed by atoms with van der Waals surface area (Å²) in [5.41, 5.74) is 9.37. The van der Waals surface area contributed by atoms with Crippen LogP contribution in [0.5, 0.6) is 0 Å². The van der Waals surface area contributed by atoms with E-state index in [1.807, 2.05) is 39.0 Å². The number of hydrogen-bond acceptors (Lipinski definition) is 4. The maximum atomic E-state index is 12.3. The first-order valence-corrected chi connectivity index (χ1v) is 9.10. The SMILES string of the molecule is Cc1ccc(-n2nc(C)c(CC(=O)NNC(=O)c3ccoc3C)c2C)cc1Cl. The molecule has 3 rings (SSSR count). The van der Waals surface area contributed by atoms with Gasteiger partial charge in [-0.25, -0.2) is 4.68 Å². The second kappa shape index (κ2) is 7.90. The van der Waals surface area contributed by atoms with Crippen molar-refractivity contribution in [2.45, 2.75) is 34.1 Å². The van der Waals surface area contributed by atoms with Crippen LogP contribution in [-0.2, 0) is 11.2 Å². The van der Waals surface area contributed by atoms with E-state index in [1.54, 1.807) is 17.7 Å². The van der Waals surface area contributed by atoms with Gasteiger partial charge in [-0.15, -0.1) is 0 Å². The molecule has 1 aromatic carbocycles. The number of aromatic nitrogens is 2. The molecule has 0 aliphatic heterocycles. The largest absolute Gasteiger partial charge is 0.469 e. The Morgan fingerprint density at radius 3 is 2.54 bits per heavy atom. The number of nitrogens with zero attached hydrogens (tertiary/aromatic N) is 2. The smallest absolute Gasteiger partial charge is 0.273 e. The van der Waals surface area contributed by atoms with Crippen LogP contribution in [0.1, 0.15) is 38.6 Å². The molecule has 2 heterocycles. The van der Waals surface area contributed by atoms with Gasteiger partial charge in [-0.05, 0) is 51.5 Å². The molecular weight excluding hydrogens is 380 g/mol. The van der Waals surface area contributed by atoms with Crippen molar-refractivity contribution in [1.29, 1.82) is 0 Å². The monoisotopic (exact) mass is 400 g/mol. The molecule has 0 spiro atoms. The Balaban J connectivity index is 1.71. The minimum Gasteiger partial charge on any atom is -0.469 e. The third-order valence-corrected chi connectivity index (χ3v) is 5.00. The third kappa shape index (κ3) is 3.94. The molecule has 3 aromatic rings. The van der Waals surface area contributed by atoms with E-state index in [1.165, 1.54) is 6.26 Å². The van der Waals surface area contributed by atoms with Gasteiger partial charge in [0.25, 0.3) is 5.91 Å². The molecule has 0 atom stereocenters. The number of carbonyl (C=O) groups excluding carboxylic acids is 2. The molecule has 0 aliphatic rings. The molecule has 0 saturated carbocycles. The number of halogens is 1. The third-order valence-electron chi connectivity index (χ3n) is 4.60. The average molecular weight is 401 g/mol. The van der Waals surface area contributed by atoms with Crippen LogP contribution in [0, 0.1) is 27.7 Å². The molecule has 7 nitrogen and oxygen atoms in total. The number of rotatable bonds is 4. The Labute approximate surface area is 167 Å². The predicted octanol–water partition coefficient (Wildman–Crippen LogP) is 3.36. The predicted molar refractivity (Wildman–Crippen MR) is 106 cm³/mol. The fourth-order valence-corrected chi connectivity index (χ4v) is 3.09. The van der Waals surface area contributed by atoms with Gasteiger partial charge in [0.2, 0.25) is 5.91 Å². The lowest BCUT2D eigenvalue weighted by Gasteiger charge is -2.08. The first-order chi connectivity index (χ1) is 13.3. The highest BCUT2D eigenvalue weighted by atomic mass is 35.5. The highest BCUT2D eigenvalue weighted by molar-refractivity contribution is 6.31. The molecule has 0 aliphatic carbocycles. The van der Waals surface area contributed by atoms with Gasteiger partial charge in [-0.1, -0.05) is 17.7 Å². The molecule has 2 aromatic heterocycles. The summed E-state index contributed by atoms with van der Waals surface area (Å²) in [6, 6.07) is 7.24. The Kier molecular flexibility index (Phi) is 5.56. The molecule has 0 unspecified atom stereocenters. The minimum absolute atomic E-state index is 0.0852. The molecule has 8 heteroatoms. The van der Waals surface area contributed by atoms with E-state index >= 15 is 0 Å². The summed E-state index contributed by atoms with van der Waals surface area (Å²) in [7, 11) is 0. The van der Waals surface area contributed by atoms with Crippen molar-refractivity contribution in [3.63, 3.8) is 0 Å². The zero-order valence-electron chi connectivity index (χ0n) is 16.1. The van der Waals surface area contributed by atoms with Crippen molar-refractivity contribution in [3.05, 3.63) is 69.4 Å². The van der Waals surface area contributed by atoms with Crippen molar-refractivity contribution in [1.82, 2.24) is 20.6 Å². The van der Waals surface area contributed by atoms with Gasteiger partial charge < -0.3 is 4.42 Å². The molecule has 2 amide bonds. The molecule has 146 valence electrons. The second-order valence-corrected chi connectivity index (χ2v) is 6.97. The Morgan fingerprint density at radius 2 is 1.89 bits per heavy atom. The molecule has 0 saturated heterocycles. The Bertz CT molecular complexity index is 1050. The minimum atomic E-state index is -0.432. The van der Waals surface area contributed by atoms with Gasteiger partial charge in [0.1, 0.15) is 5.76 Å². The summed E-state index contributed by atoms with van der Waals surface area (Å²) >= 11 is 6.22. The first-order valence-electron chi connectivity index (χ1n) is 8.73. The van der Waals surface area contributed by atoms with Gasteiger partial charge >= 0.3 is 0 Å². The number of carbonyl (C=O) groups is 2. The first kappa shape index (κ1) is 19.7. The number of hydrazine groups is 1. The van der Waals surface area contributed by atoms with Crippen molar-refractivity contribution >= 4 is 23.4 Å². The summed E-state index contributed by atoms with van der Waals surface area (Å²) < 4.78 is 6.85. The van der Waals surface area contributed by atoms with E-state index in [0.29, 0.717) is 16.3 Å². The van der Waals surface area contributed by atoms with Gasteiger partial charge in [0, 0.05) is 16.3 Å². The van der Waals surface area contributed by atoms with Crippen molar-refractivity contribution in [2.75, 3.05) is 0 Å². The van der Waals surface area contributed by atoms with E-state index in [4.69, 9.17) is 16.0 Å². The normalized spacial score (nSPS) is 10.8. The van der Waals surface area contributed by atoms with Crippen molar-refractivity contribution in [2.24, 2.45) is 0 Å². The van der Waals surface area contributed by atoms with E-state index in [9.17, 15) is 9.59 Å². The van der Waals surface area contributed by atoms with Crippen LogP contribution in [-0.4, -0.2) is 21.6 Å². The van der Waals surface area contributed by atoms with Crippen LogP contribution in [0.15, 0.2) is 34.9 Å². The quantitative estimate of drug-likeness (QED) is 0.657. The Morgan fingerprint density at radius 1 is 1.14 bits per heavy atom. The summed E-state index contributed by atoms with van der Waals surface area (Å²) in [6.07, 6.45) is 1.51. The van der Waals surface area contributed by atoms with E-state index < -0.39 is 5.91 Å². The van der Waals surface area contributed by atoms with E-state index in [0.717, 1.165) is 28.2 Å². The van der Waals surface area contributed by atoms with Crippen LogP contribution in [0.3, 0.4) is 0 Å². The average Bonchev–Trinajstić information content (AvgIpc) is 3.20. The van der Waals surface area contributed by atoms with E-state index in [-0.39, 0.29) is 12.3 Å². The summed E-state index contributed by atoms with van der Waals surface area (Å²) in [6.45, 7) is 7.34. The summed E-state index contributed by atoms with van der Waals surface area (Å²) in [4.78, 5) is 24.4. The zero-order valence-corrected chi connectivity index (χ0v) is 16.8. The maximum absolute atomic E-state index is 12.3. The summed E-state index contributed by atoms with van der Waals surface area (Å²) in [5, 5.41) is 5.18. The molecular formula is C20H21ClN4O3. The maximum Gasteiger partial charge on any atom is 0.273 e. The number of aryl methyl sites for hydroxylation is 3. The topological polar surface area (TPSA) is 89.2 Å². The molecule has 0 radical (unpaired) electrons. The molecule has 2 N–H and O–H groups in total. The van der Waals surface area contributed by atoms with E-state index in [2.05, 4.69) is 16.0 Å². The van der Waals surface area contributed by atoms with Crippen molar-refractivity contribution in [3.8, 4) is 5.69 Å². The van der Waals surface area contributed by atoms with Gasteiger partial charge in [-0.2, -0.15) is 5.10 Å². The van der Waals surface area contributed by atoms with Crippen LogP contribution >= 0.6 is 11.6 Å². The molecule has 28 heavy (non-hydrogen) atoms. The number of hydrogen-bond donors (Lipinski definition) is 2. The summed E-state index contributed by atoms with van der Waals surface area (Å²) in [5.74, 6) is -0.295. The number of nitrogens with one attached hydrogen (secondary N) is 2. The number of benzene rings is 1. The van der Waals surface area contributed by atoms with Crippen LogP contribution in [0.25, 0.3) is 5.69 Å². The Hall–Kier alpha value is -3.06. The van der Waals surface area contributed by atoms with Gasteiger partial charge in [0.15, 0.2) is 0 Å². The van der Waals surface area contributed by atoms with Gasteiger partial charge in [0.05, 0.1) is 29.6 Å². The van der Waals surface area contributed by atoms with Gasteiger partial charge in [-0.3, -0.25) is 20.4 Å². The standard InChI is InChI=1S/C20H21ClN4O3/c1-11-5-6-15(9-18(11)21)25-13(3)17(12(2)24-25)10-19(26)22-23-20(27)16-7-8-28-14(16)4/h5-9H,10H2,1-4H3,(H,22,26)(H,23,27). The highest BCUT2D eigenvalue weighted by Gasteiger charge is 2.17. The lowest BCUT2D eigenvalue weighted by atomic mass is 10.1. The molecule has 0 bridgehead atoms. The lowest BCUT2D eigenvalue weighted by Crippen LogP contribution is -2.42. The highest BCUT2D eigenvalue weighted by Crippen LogP contribution is 2.23. The lowest BCUT2D eigenvalue weighted by molar-refractivity contribution is -0.121. The number of furan rings is 1. The zero-order chi connectivity index (χ0) is 20.4. The number of amides is 2. The van der Waals surface area contributed by atoms with Crippen molar-refractivity contribution < 1.29 is 14.0 Å².